The van der Waals surface area contributed by atoms with E-state index in [1.54, 1.807) is 18.4 Å². The first-order valence-electron chi connectivity index (χ1n) is 3.99. The van der Waals surface area contributed by atoms with E-state index in [1.807, 2.05) is 5.51 Å². The van der Waals surface area contributed by atoms with Gasteiger partial charge in [-0.25, -0.2) is 4.98 Å². The summed E-state index contributed by atoms with van der Waals surface area (Å²) < 4.78 is 5.02. The summed E-state index contributed by atoms with van der Waals surface area (Å²) >= 11 is 1.68. The van der Waals surface area contributed by atoms with Crippen LogP contribution >= 0.6 is 11.3 Å². The van der Waals surface area contributed by atoms with E-state index < -0.39 is 0 Å². The second kappa shape index (κ2) is 5.24. The predicted molar refractivity (Wildman–Crippen MR) is 50.2 cm³/mol. The number of nitrogens with zero attached hydrogens (tertiary/aromatic N) is 1. The molecule has 0 saturated heterocycles. The van der Waals surface area contributed by atoms with E-state index >= 15 is 0 Å². The molecular weight excluding hydrogens is 172 g/mol. The van der Waals surface area contributed by atoms with Crippen molar-refractivity contribution in [3.63, 3.8) is 0 Å². The highest BCUT2D eigenvalue weighted by Gasteiger charge is 2.03. The van der Waals surface area contributed by atoms with Crippen molar-refractivity contribution in [1.29, 1.82) is 0 Å². The van der Waals surface area contributed by atoms with Crippen LogP contribution in [0, 0.1) is 0 Å². The van der Waals surface area contributed by atoms with Crippen LogP contribution in [0.15, 0.2) is 5.51 Å². The molecule has 3 nitrogen and oxygen atoms in total. The molecule has 0 radical (unpaired) electrons. The number of aromatic nitrogens is 1. The average Bonchev–Trinajstić information content (AvgIpc) is 2.50. The van der Waals surface area contributed by atoms with Gasteiger partial charge in [-0.1, -0.05) is 6.92 Å². The highest BCUT2D eigenvalue weighted by molar-refractivity contribution is 7.09. The molecule has 0 aliphatic rings. The van der Waals surface area contributed by atoms with Crippen molar-refractivity contribution < 1.29 is 4.74 Å². The molecule has 0 aromatic carbocycles. The summed E-state index contributed by atoms with van der Waals surface area (Å²) in [7, 11) is 1.69. The fourth-order valence-electron chi connectivity index (χ4n) is 0.930. The van der Waals surface area contributed by atoms with Crippen LogP contribution < -0.4 is 5.32 Å². The second-order valence-electron chi connectivity index (χ2n) is 2.44. The first-order chi connectivity index (χ1) is 5.88. The third-order valence-electron chi connectivity index (χ3n) is 1.54. The van der Waals surface area contributed by atoms with Crippen LogP contribution in [0.5, 0.6) is 0 Å². The zero-order chi connectivity index (χ0) is 8.81. The number of ether oxygens (including phenoxy) is 1. The fraction of sp³-hybridized carbons (Fsp3) is 0.625. The Morgan fingerprint density at radius 1 is 1.67 bits per heavy atom. The van der Waals surface area contributed by atoms with E-state index in [9.17, 15) is 0 Å². The molecule has 0 saturated carbocycles. The van der Waals surface area contributed by atoms with Crippen molar-refractivity contribution in [3.05, 3.63) is 16.1 Å². The third kappa shape index (κ3) is 2.55. The molecule has 0 bridgehead atoms. The van der Waals surface area contributed by atoms with Gasteiger partial charge in [0.2, 0.25) is 0 Å². The van der Waals surface area contributed by atoms with Gasteiger partial charge >= 0.3 is 0 Å². The summed E-state index contributed by atoms with van der Waals surface area (Å²) in [6.07, 6.45) is 0. The van der Waals surface area contributed by atoms with Gasteiger partial charge in [-0.3, -0.25) is 0 Å². The second-order valence-corrected chi connectivity index (χ2v) is 3.37. The van der Waals surface area contributed by atoms with Gasteiger partial charge in [-0.2, -0.15) is 0 Å². The van der Waals surface area contributed by atoms with E-state index in [0.29, 0.717) is 6.61 Å². The van der Waals surface area contributed by atoms with E-state index in [4.69, 9.17) is 4.74 Å². The molecule has 0 fully saturated rings. The first-order valence-corrected chi connectivity index (χ1v) is 4.87. The van der Waals surface area contributed by atoms with Gasteiger partial charge in [-0.15, -0.1) is 11.3 Å². The summed E-state index contributed by atoms with van der Waals surface area (Å²) in [4.78, 5) is 5.49. The third-order valence-corrected chi connectivity index (χ3v) is 2.42. The number of rotatable bonds is 5. The van der Waals surface area contributed by atoms with Crippen LogP contribution in [-0.2, 0) is 17.9 Å². The molecule has 4 heteroatoms. The van der Waals surface area contributed by atoms with Gasteiger partial charge in [0.15, 0.2) is 0 Å². The summed E-state index contributed by atoms with van der Waals surface area (Å²) in [5, 5.41) is 3.26. The molecule has 68 valence electrons. The molecule has 0 spiro atoms. The van der Waals surface area contributed by atoms with Crippen LogP contribution in [0.25, 0.3) is 0 Å². The minimum atomic E-state index is 0.615. The number of hydrogen-bond acceptors (Lipinski definition) is 4. The van der Waals surface area contributed by atoms with Gasteiger partial charge in [0.05, 0.1) is 17.8 Å². The smallest absolute Gasteiger partial charge is 0.0895 e. The molecule has 12 heavy (non-hydrogen) atoms. The molecule has 0 amide bonds. The summed E-state index contributed by atoms with van der Waals surface area (Å²) in [5.74, 6) is 0. The Labute approximate surface area is 76.8 Å². The summed E-state index contributed by atoms with van der Waals surface area (Å²) in [5.41, 5.74) is 2.92. The Balaban J connectivity index is 2.51. The van der Waals surface area contributed by atoms with Crippen molar-refractivity contribution in [1.82, 2.24) is 10.3 Å². The van der Waals surface area contributed by atoms with Gasteiger partial charge < -0.3 is 10.1 Å². The number of hydrogen-bond donors (Lipinski definition) is 1. The quantitative estimate of drug-likeness (QED) is 0.754. The van der Waals surface area contributed by atoms with Crippen LogP contribution in [0.3, 0.4) is 0 Å². The Bertz CT molecular complexity index is 225. The lowest BCUT2D eigenvalue weighted by Gasteiger charge is -2.01. The molecule has 1 rings (SSSR count). The van der Waals surface area contributed by atoms with E-state index in [-0.39, 0.29) is 0 Å². The number of methoxy groups -OCH3 is 1. The van der Waals surface area contributed by atoms with Crippen molar-refractivity contribution in [2.75, 3.05) is 13.7 Å². The molecule has 0 unspecified atom stereocenters. The molecule has 0 aliphatic carbocycles. The van der Waals surface area contributed by atoms with Gasteiger partial charge in [0.1, 0.15) is 0 Å². The molecule has 1 aromatic heterocycles. The largest absolute Gasteiger partial charge is 0.378 e. The van der Waals surface area contributed by atoms with Crippen LogP contribution in [0.2, 0.25) is 0 Å². The standard InChI is InChI=1S/C8H14N2OS/c1-3-9-4-8-7(5-11-2)10-6-12-8/h6,9H,3-5H2,1-2H3. The van der Waals surface area contributed by atoms with Gasteiger partial charge in [-0.05, 0) is 6.54 Å². The maximum Gasteiger partial charge on any atom is 0.0895 e. The van der Waals surface area contributed by atoms with Gasteiger partial charge in [0, 0.05) is 18.5 Å². The summed E-state index contributed by atoms with van der Waals surface area (Å²) in [6.45, 7) is 4.60. The van der Waals surface area contributed by atoms with Gasteiger partial charge in [0.25, 0.3) is 0 Å². The Kier molecular flexibility index (Phi) is 4.21. The van der Waals surface area contributed by atoms with Crippen LogP contribution in [-0.4, -0.2) is 18.6 Å². The number of nitrogens with one attached hydrogen (secondary N) is 1. The Morgan fingerprint density at radius 2 is 2.50 bits per heavy atom. The Hall–Kier alpha value is -0.450. The minimum Gasteiger partial charge on any atom is -0.378 e. The zero-order valence-electron chi connectivity index (χ0n) is 7.46. The van der Waals surface area contributed by atoms with E-state index in [0.717, 1.165) is 18.8 Å². The number of thiazole rings is 1. The Morgan fingerprint density at radius 3 is 3.17 bits per heavy atom. The fourth-order valence-corrected chi connectivity index (χ4v) is 1.67. The van der Waals surface area contributed by atoms with Crippen molar-refractivity contribution in [2.45, 2.75) is 20.1 Å². The topological polar surface area (TPSA) is 34.2 Å². The maximum atomic E-state index is 5.02. The molecule has 1 heterocycles. The predicted octanol–water partition coefficient (Wildman–Crippen LogP) is 1.40. The lowest BCUT2D eigenvalue weighted by atomic mass is 10.4. The zero-order valence-corrected chi connectivity index (χ0v) is 8.28. The van der Waals surface area contributed by atoms with Crippen LogP contribution in [0.1, 0.15) is 17.5 Å². The van der Waals surface area contributed by atoms with Crippen molar-refractivity contribution in [2.24, 2.45) is 0 Å². The summed E-state index contributed by atoms with van der Waals surface area (Å²) in [6, 6.07) is 0. The molecule has 0 atom stereocenters. The lowest BCUT2D eigenvalue weighted by molar-refractivity contribution is 0.181. The van der Waals surface area contributed by atoms with Crippen LogP contribution in [0.4, 0.5) is 0 Å². The van der Waals surface area contributed by atoms with Crippen molar-refractivity contribution in [3.8, 4) is 0 Å². The lowest BCUT2D eigenvalue weighted by Crippen LogP contribution is -2.12. The molecule has 1 N–H and O–H groups in total. The van der Waals surface area contributed by atoms with E-state index in [2.05, 4.69) is 17.2 Å². The highest BCUT2D eigenvalue weighted by Crippen LogP contribution is 2.13. The van der Waals surface area contributed by atoms with Crippen molar-refractivity contribution >= 4 is 11.3 Å². The normalized spacial score (nSPS) is 10.5. The molecule has 1 aromatic rings. The van der Waals surface area contributed by atoms with E-state index in [1.165, 1.54) is 4.88 Å². The average molecular weight is 186 g/mol. The molecular formula is C8H14N2OS. The SMILES string of the molecule is CCNCc1scnc1COC. The first kappa shape index (κ1) is 9.64. The monoisotopic (exact) mass is 186 g/mol. The molecule has 0 aliphatic heterocycles. The highest BCUT2D eigenvalue weighted by atomic mass is 32.1. The maximum absolute atomic E-state index is 5.02. The minimum absolute atomic E-state index is 0.615.